The highest BCUT2D eigenvalue weighted by molar-refractivity contribution is 14.0. The van der Waals surface area contributed by atoms with Gasteiger partial charge in [0.1, 0.15) is 5.75 Å². The number of aliphatic imine (C=N–C) groups is 1. The number of nitrogens with one attached hydrogen (secondary N) is 2. The fraction of sp³-hybridized carbons (Fsp3) is 0.500. The molecule has 2 rings (SSSR count). The molecular weight excluding hydrogens is 417 g/mol. The summed E-state index contributed by atoms with van der Waals surface area (Å²) in [7, 11) is 3.47. The number of methoxy groups -OCH3 is 1. The number of nitrogens with zero attached hydrogens (tertiary/aromatic N) is 1. The molecule has 134 valence electrons. The van der Waals surface area contributed by atoms with Crippen molar-refractivity contribution in [2.75, 3.05) is 27.3 Å². The Balaban J connectivity index is 0.00000288. The van der Waals surface area contributed by atoms with Crippen LogP contribution in [0.2, 0.25) is 0 Å². The zero-order chi connectivity index (χ0) is 16.3. The molecule has 0 unspecified atom stereocenters. The van der Waals surface area contributed by atoms with Gasteiger partial charge in [0, 0.05) is 26.2 Å². The van der Waals surface area contributed by atoms with Crippen LogP contribution in [0, 0.1) is 0 Å². The Morgan fingerprint density at radius 3 is 2.54 bits per heavy atom. The summed E-state index contributed by atoms with van der Waals surface area (Å²) in [5, 5.41) is 6.74. The Hall–Kier alpha value is -1.28. The average molecular weight is 445 g/mol. The number of benzene rings is 1. The monoisotopic (exact) mass is 445 g/mol. The van der Waals surface area contributed by atoms with Crippen molar-refractivity contribution in [3.63, 3.8) is 0 Å². The summed E-state index contributed by atoms with van der Waals surface area (Å²) in [6, 6.07) is 8.44. The summed E-state index contributed by atoms with van der Waals surface area (Å²) >= 11 is 0. The van der Waals surface area contributed by atoms with E-state index >= 15 is 0 Å². The zero-order valence-electron chi connectivity index (χ0n) is 14.5. The number of ether oxygens (including phenoxy) is 2. The van der Waals surface area contributed by atoms with Gasteiger partial charge in [0.15, 0.2) is 5.96 Å². The van der Waals surface area contributed by atoms with E-state index < -0.39 is 0 Å². The molecule has 1 aromatic carbocycles. The number of rotatable bonds is 8. The number of halogens is 1. The second-order valence-corrected chi connectivity index (χ2v) is 5.54. The fourth-order valence-electron chi connectivity index (χ4n) is 2.42. The second-order valence-electron chi connectivity index (χ2n) is 5.54. The Morgan fingerprint density at radius 1 is 1.21 bits per heavy atom. The molecule has 0 aromatic heterocycles. The van der Waals surface area contributed by atoms with Gasteiger partial charge in [-0.3, -0.25) is 4.99 Å². The van der Waals surface area contributed by atoms with E-state index in [0.717, 1.165) is 49.7 Å². The van der Waals surface area contributed by atoms with Gasteiger partial charge in [0.2, 0.25) is 0 Å². The molecule has 0 saturated heterocycles. The highest BCUT2D eigenvalue weighted by Crippen LogP contribution is 2.12. The van der Waals surface area contributed by atoms with Crippen molar-refractivity contribution in [3.8, 4) is 5.75 Å². The minimum absolute atomic E-state index is 0. The van der Waals surface area contributed by atoms with E-state index in [0.29, 0.717) is 12.6 Å². The van der Waals surface area contributed by atoms with Crippen molar-refractivity contribution >= 4 is 29.9 Å². The molecule has 0 heterocycles. The Kier molecular flexibility index (Phi) is 10.5. The molecule has 2 N–H and O–H groups in total. The van der Waals surface area contributed by atoms with Gasteiger partial charge >= 0.3 is 0 Å². The van der Waals surface area contributed by atoms with E-state index in [1.165, 1.54) is 0 Å². The predicted molar refractivity (Wildman–Crippen MR) is 109 cm³/mol. The summed E-state index contributed by atoms with van der Waals surface area (Å²) in [4.78, 5) is 4.25. The van der Waals surface area contributed by atoms with Crippen molar-refractivity contribution in [2.45, 2.75) is 31.9 Å². The lowest BCUT2D eigenvalue weighted by molar-refractivity contribution is 0.119. The first kappa shape index (κ1) is 20.8. The molecular formula is C18H28IN3O2. The summed E-state index contributed by atoms with van der Waals surface area (Å²) in [6.07, 6.45) is 7.51. The van der Waals surface area contributed by atoms with E-state index in [-0.39, 0.29) is 24.0 Å². The van der Waals surface area contributed by atoms with Crippen LogP contribution in [0.1, 0.15) is 24.8 Å². The Bertz CT molecular complexity index is 510. The molecule has 0 aliphatic heterocycles. The van der Waals surface area contributed by atoms with Crippen LogP contribution in [0.5, 0.6) is 5.75 Å². The van der Waals surface area contributed by atoms with Crippen LogP contribution < -0.4 is 15.4 Å². The van der Waals surface area contributed by atoms with Crippen LogP contribution >= 0.6 is 24.0 Å². The zero-order valence-corrected chi connectivity index (χ0v) is 16.8. The maximum atomic E-state index is 5.69. The van der Waals surface area contributed by atoms with E-state index in [1.54, 1.807) is 14.2 Å². The van der Waals surface area contributed by atoms with Gasteiger partial charge in [-0.2, -0.15) is 0 Å². The van der Waals surface area contributed by atoms with Crippen molar-refractivity contribution in [2.24, 2.45) is 4.99 Å². The molecule has 24 heavy (non-hydrogen) atoms. The summed E-state index contributed by atoms with van der Waals surface area (Å²) < 4.78 is 10.8. The van der Waals surface area contributed by atoms with Crippen LogP contribution in [0.25, 0.3) is 0 Å². The molecule has 0 saturated carbocycles. The van der Waals surface area contributed by atoms with Crippen LogP contribution in [-0.2, 0) is 11.3 Å². The van der Waals surface area contributed by atoms with E-state index in [4.69, 9.17) is 9.47 Å². The highest BCUT2D eigenvalue weighted by Gasteiger charge is 2.10. The van der Waals surface area contributed by atoms with Crippen molar-refractivity contribution in [1.29, 1.82) is 0 Å². The summed E-state index contributed by atoms with van der Waals surface area (Å²) in [5.74, 6) is 1.74. The number of hydrogen-bond acceptors (Lipinski definition) is 3. The topological polar surface area (TPSA) is 54.9 Å². The van der Waals surface area contributed by atoms with Crippen LogP contribution in [0.3, 0.4) is 0 Å². The predicted octanol–water partition coefficient (Wildman–Crippen LogP) is 3.10. The number of hydrogen-bond donors (Lipinski definition) is 2. The van der Waals surface area contributed by atoms with Crippen LogP contribution in [0.15, 0.2) is 41.4 Å². The fourth-order valence-corrected chi connectivity index (χ4v) is 2.42. The Morgan fingerprint density at radius 2 is 1.92 bits per heavy atom. The van der Waals surface area contributed by atoms with E-state index in [1.807, 2.05) is 24.3 Å². The summed E-state index contributed by atoms with van der Waals surface area (Å²) in [5.41, 5.74) is 1.16. The molecule has 1 aromatic rings. The van der Waals surface area contributed by atoms with E-state index in [2.05, 4.69) is 27.8 Å². The molecule has 0 fully saturated rings. The molecule has 1 aliphatic carbocycles. The lowest BCUT2D eigenvalue weighted by atomic mass is 10.2. The molecule has 0 atom stereocenters. The third-order valence-corrected chi connectivity index (χ3v) is 3.76. The molecule has 0 spiro atoms. The van der Waals surface area contributed by atoms with Crippen molar-refractivity contribution in [1.82, 2.24) is 10.6 Å². The van der Waals surface area contributed by atoms with Gasteiger partial charge in [-0.25, -0.2) is 0 Å². The Labute approximate surface area is 161 Å². The van der Waals surface area contributed by atoms with Gasteiger partial charge in [0.25, 0.3) is 0 Å². The van der Waals surface area contributed by atoms with Gasteiger partial charge in [-0.1, -0.05) is 24.3 Å². The van der Waals surface area contributed by atoms with Gasteiger partial charge in [0.05, 0.1) is 13.7 Å². The average Bonchev–Trinajstić information content (AvgIpc) is 3.10. The first-order valence-electron chi connectivity index (χ1n) is 8.14. The quantitative estimate of drug-likeness (QED) is 0.212. The third kappa shape index (κ3) is 7.53. The van der Waals surface area contributed by atoms with Crippen molar-refractivity contribution in [3.05, 3.63) is 42.0 Å². The minimum atomic E-state index is 0. The minimum Gasteiger partial charge on any atom is -0.497 e. The van der Waals surface area contributed by atoms with Gasteiger partial charge in [-0.05, 0) is 37.0 Å². The lowest BCUT2D eigenvalue weighted by Gasteiger charge is -2.16. The molecule has 1 aliphatic rings. The molecule has 0 amide bonds. The molecule has 0 radical (unpaired) electrons. The highest BCUT2D eigenvalue weighted by atomic mass is 127. The largest absolute Gasteiger partial charge is 0.497 e. The lowest BCUT2D eigenvalue weighted by Crippen LogP contribution is -2.42. The summed E-state index contributed by atoms with van der Waals surface area (Å²) in [6.45, 7) is 2.20. The van der Waals surface area contributed by atoms with Gasteiger partial charge < -0.3 is 20.1 Å². The first-order chi connectivity index (χ1) is 11.3. The number of guanidine groups is 1. The smallest absolute Gasteiger partial charge is 0.191 e. The first-order valence-corrected chi connectivity index (χ1v) is 8.14. The molecule has 6 heteroatoms. The molecule has 0 bridgehead atoms. The molecule has 5 nitrogen and oxygen atoms in total. The van der Waals surface area contributed by atoms with Crippen molar-refractivity contribution < 1.29 is 9.47 Å². The maximum Gasteiger partial charge on any atom is 0.191 e. The van der Waals surface area contributed by atoms with Crippen LogP contribution in [0.4, 0.5) is 0 Å². The second kappa shape index (κ2) is 12.1. The SMILES string of the molecule is CN=C(NCCCOCc1ccc(OC)cc1)NC1CC=CC1.I. The van der Waals surface area contributed by atoms with E-state index in [9.17, 15) is 0 Å². The normalized spacial score (nSPS) is 14.3. The third-order valence-electron chi connectivity index (χ3n) is 3.76. The van der Waals surface area contributed by atoms with Gasteiger partial charge in [-0.15, -0.1) is 24.0 Å². The van der Waals surface area contributed by atoms with Crippen LogP contribution in [-0.4, -0.2) is 39.3 Å². The maximum absolute atomic E-state index is 5.69. The standard InChI is InChI=1S/C18H27N3O2.HI/c1-19-18(21-16-6-3-4-7-16)20-12-5-13-23-14-15-8-10-17(22-2)11-9-15;/h3-4,8-11,16H,5-7,12-14H2,1-2H3,(H2,19,20,21);1H.